The molecule has 18 heavy (non-hydrogen) atoms. The van der Waals surface area contributed by atoms with Crippen LogP contribution < -0.4 is 10.5 Å². The summed E-state index contributed by atoms with van der Waals surface area (Å²) in [5, 5.41) is 14.7. The molecule has 0 aliphatic heterocycles. The average molecular weight is 267 g/mol. The Hall–Kier alpha value is -2.21. The molecule has 0 aliphatic carbocycles. The van der Waals surface area contributed by atoms with Crippen LogP contribution in [0.2, 0.25) is 5.02 Å². The number of nitrogen functional groups attached to an aromatic ring is 1. The zero-order valence-electron chi connectivity index (χ0n) is 9.02. The van der Waals surface area contributed by atoms with E-state index in [1.54, 1.807) is 0 Å². The Labute approximate surface area is 107 Å². The Morgan fingerprint density at radius 2 is 2.17 bits per heavy atom. The van der Waals surface area contributed by atoms with Gasteiger partial charge < -0.3 is 10.5 Å². The highest BCUT2D eigenvalue weighted by Gasteiger charge is 2.10. The van der Waals surface area contributed by atoms with Crippen molar-refractivity contribution in [3.63, 3.8) is 0 Å². The summed E-state index contributed by atoms with van der Waals surface area (Å²) in [6.45, 7) is 0. The molecule has 0 unspecified atom stereocenters. The fourth-order valence-corrected chi connectivity index (χ4v) is 1.37. The van der Waals surface area contributed by atoms with Crippen molar-refractivity contribution < 1.29 is 9.13 Å². The van der Waals surface area contributed by atoms with Gasteiger partial charge in [-0.25, -0.2) is 4.39 Å². The van der Waals surface area contributed by atoms with Crippen molar-refractivity contribution in [1.82, 2.24) is 10.2 Å². The number of benzene rings is 1. The van der Waals surface area contributed by atoms with Gasteiger partial charge in [0.2, 0.25) is 5.88 Å². The summed E-state index contributed by atoms with van der Waals surface area (Å²) in [6, 6.07) is 5.43. The molecule has 0 atom stereocenters. The Balaban J connectivity index is 2.34. The summed E-state index contributed by atoms with van der Waals surface area (Å²) in [7, 11) is 0. The van der Waals surface area contributed by atoms with Crippen LogP contribution in [0.1, 0.15) is 5.56 Å². The van der Waals surface area contributed by atoms with Gasteiger partial charge in [-0.1, -0.05) is 11.6 Å². The Morgan fingerprint density at radius 3 is 2.83 bits per heavy atom. The molecule has 0 aliphatic rings. The molecule has 0 radical (unpaired) electrons. The molecule has 0 saturated carbocycles. The number of hydrogen-bond donors (Lipinski definition) is 2. The van der Waals surface area contributed by atoms with Crippen LogP contribution in [0.5, 0.6) is 11.6 Å². The maximum atomic E-state index is 13.2. The van der Waals surface area contributed by atoms with Crippen LogP contribution >= 0.6 is 11.6 Å². The van der Waals surface area contributed by atoms with E-state index in [0.29, 0.717) is 0 Å². The largest absolute Gasteiger partial charge is 0.437 e. The van der Waals surface area contributed by atoms with Gasteiger partial charge in [0.1, 0.15) is 17.4 Å². The second kappa shape index (κ2) is 4.97. The van der Waals surface area contributed by atoms with E-state index in [4.69, 9.17) is 27.5 Å². The van der Waals surface area contributed by atoms with Gasteiger partial charge in [0.05, 0.1) is 16.8 Å². The number of nitrogens with zero attached hydrogens (tertiary/aromatic N) is 2. The first-order valence-electron chi connectivity index (χ1n) is 4.87. The van der Waals surface area contributed by atoms with Gasteiger partial charge in [-0.15, -0.1) is 5.10 Å². The van der Waals surface area contributed by atoms with Gasteiger partial charge in [0.15, 0.2) is 0 Å². The SMILES string of the molecule is N=C(N)c1ccnnc1Oc1ccc(Cl)c(F)c1. The lowest BCUT2D eigenvalue weighted by Gasteiger charge is -2.08. The van der Waals surface area contributed by atoms with Gasteiger partial charge in [-0.2, -0.15) is 5.10 Å². The number of amidine groups is 1. The van der Waals surface area contributed by atoms with Gasteiger partial charge in [-0.3, -0.25) is 5.41 Å². The Morgan fingerprint density at radius 1 is 1.39 bits per heavy atom. The average Bonchev–Trinajstić information content (AvgIpc) is 2.34. The highest BCUT2D eigenvalue weighted by atomic mass is 35.5. The minimum atomic E-state index is -0.609. The topological polar surface area (TPSA) is 84.9 Å². The lowest BCUT2D eigenvalue weighted by atomic mass is 10.3. The first kappa shape index (κ1) is 12.3. The maximum absolute atomic E-state index is 13.2. The molecular weight excluding hydrogens is 259 g/mol. The predicted octanol–water partition coefficient (Wildman–Crippen LogP) is 2.35. The van der Waals surface area contributed by atoms with Crippen LogP contribution in [0.15, 0.2) is 30.5 Å². The summed E-state index contributed by atoms with van der Waals surface area (Å²) < 4.78 is 18.5. The van der Waals surface area contributed by atoms with Crippen molar-refractivity contribution in [2.75, 3.05) is 0 Å². The molecule has 1 aromatic heterocycles. The molecule has 0 amide bonds. The second-order valence-corrected chi connectivity index (χ2v) is 3.75. The predicted molar refractivity (Wildman–Crippen MR) is 64.5 cm³/mol. The fourth-order valence-electron chi connectivity index (χ4n) is 1.25. The van der Waals surface area contributed by atoms with Crippen LogP contribution in [-0.4, -0.2) is 16.0 Å². The number of rotatable bonds is 3. The van der Waals surface area contributed by atoms with Gasteiger partial charge >= 0.3 is 0 Å². The van der Waals surface area contributed by atoms with E-state index in [1.807, 2.05) is 0 Å². The summed E-state index contributed by atoms with van der Waals surface area (Å²) in [4.78, 5) is 0. The minimum Gasteiger partial charge on any atom is -0.437 e. The van der Waals surface area contributed by atoms with Crippen molar-refractivity contribution >= 4 is 17.4 Å². The number of aromatic nitrogens is 2. The van der Waals surface area contributed by atoms with Crippen molar-refractivity contribution in [2.45, 2.75) is 0 Å². The molecular formula is C11H8ClFN4O. The molecule has 0 fully saturated rings. The third kappa shape index (κ3) is 2.54. The molecule has 1 heterocycles. The van der Waals surface area contributed by atoms with Gasteiger partial charge in [-0.05, 0) is 18.2 Å². The molecule has 5 nitrogen and oxygen atoms in total. The lowest BCUT2D eigenvalue weighted by molar-refractivity contribution is 0.449. The zero-order chi connectivity index (χ0) is 13.1. The molecule has 2 aromatic rings. The summed E-state index contributed by atoms with van der Waals surface area (Å²) >= 11 is 5.55. The lowest BCUT2D eigenvalue weighted by Crippen LogP contribution is -2.13. The van der Waals surface area contributed by atoms with Crippen molar-refractivity contribution in [3.05, 3.63) is 46.9 Å². The number of ether oxygens (including phenoxy) is 1. The van der Waals surface area contributed by atoms with Crippen LogP contribution in [-0.2, 0) is 0 Å². The highest BCUT2D eigenvalue weighted by molar-refractivity contribution is 6.30. The number of nitrogens with one attached hydrogen (secondary N) is 1. The van der Waals surface area contributed by atoms with E-state index >= 15 is 0 Å². The van der Waals surface area contributed by atoms with E-state index in [2.05, 4.69) is 10.2 Å². The van der Waals surface area contributed by atoms with Crippen LogP contribution in [0.25, 0.3) is 0 Å². The molecule has 2 rings (SSSR count). The minimum absolute atomic E-state index is 0.00622. The van der Waals surface area contributed by atoms with Crippen molar-refractivity contribution in [1.29, 1.82) is 5.41 Å². The zero-order valence-corrected chi connectivity index (χ0v) is 9.78. The highest BCUT2D eigenvalue weighted by Crippen LogP contribution is 2.25. The Bertz CT molecular complexity index is 605. The molecule has 0 spiro atoms. The molecule has 3 N–H and O–H groups in total. The van der Waals surface area contributed by atoms with E-state index in [-0.39, 0.29) is 28.1 Å². The number of hydrogen-bond acceptors (Lipinski definition) is 4. The number of nitrogens with two attached hydrogens (primary N) is 1. The quantitative estimate of drug-likeness (QED) is 0.660. The fraction of sp³-hybridized carbons (Fsp3) is 0. The normalized spacial score (nSPS) is 10.1. The summed E-state index contributed by atoms with van der Waals surface area (Å²) in [5.74, 6) is -0.594. The molecule has 92 valence electrons. The third-order valence-electron chi connectivity index (χ3n) is 2.08. The Kier molecular flexibility index (Phi) is 3.38. The van der Waals surface area contributed by atoms with E-state index in [0.717, 1.165) is 6.07 Å². The van der Waals surface area contributed by atoms with Gasteiger partial charge in [0.25, 0.3) is 0 Å². The van der Waals surface area contributed by atoms with Crippen LogP contribution in [0.4, 0.5) is 4.39 Å². The van der Waals surface area contributed by atoms with Crippen molar-refractivity contribution in [3.8, 4) is 11.6 Å². The third-order valence-corrected chi connectivity index (χ3v) is 2.39. The maximum Gasteiger partial charge on any atom is 0.249 e. The summed E-state index contributed by atoms with van der Waals surface area (Å²) in [6.07, 6.45) is 1.38. The second-order valence-electron chi connectivity index (χ2n) is 3.34. The van der Waals surface area contributed by atoms with Gasteiger partial charge in [0, 0.05) is 6.07 Å². The van der Waals surface area contributed by atoms with Crippen LogP contribution in [0, 0.1) is 11.2 Å². The van der Waals surface area contributed by atoms with E-state index in [1.165, 1.54) is 24.4 Å². The molecule has 0 bridgehead atoms. The van der Waals surface area contributed by atoms with E-state index in [9.17, 15) is 4.39 Å². The van der Waals surface area contributed by atoms with Crippen LogP contribution in [0.3, 0.4) is 0 Å². The smallest absolute Gasteiger partial charge is 0.249 e. The molecule has 1 aromatic carbocycles. The summed E-state index contributed by atoms with van der Waals surface area (Å²) in [5.41, 5.74) is 5.64. The van der Waals surface area contributed by atoms with Crippen molar-refractivity contribution in [2.24, 2.45) is 5.73 Å². The molecule has 0 saturated heterocycles. The standard InChI is InChI=1S/C11H8ClFN4O/c12-8-2-1-6(5-9(8)13)18-11-7(10(14)15)3-4-16-17-11/h1-5H,(H3,14,15). The first-order valence-corrected chi connectivity index (χ1v) is 5.24. The first-order chi connectivity index (χ1) is 8.58. The number of halogens is 2. The monoisotopic (exact) mass is 266 g/mol. The molecule has 7 heteroatoms. The van der Waals surface area contributed by atoms with E-state index < -0.39 is 5.82 Å².